The molecular formula is C26H31BrNP. The van der Waals surface area contributed by atoms with E-state index >= 15 is 0 Å². The van der Waals surface area contributed by atoms with Crippen molar-refractivity contribution in [3.8, 4) is 0 Å². The fourth-order valence-electron chi connectivity index (χ4n) is 4.60. The maximum Gasteiger partial charge on any atom is 0.112 e. The zero-order valence-corrected chi connectivity index (χ0v) is 19.6. The van der Waals surface area contributed by atoms with Crippen molar-refractivity contribution in [2.75, 3.05) is 25.8 Å². The van der Waals surface area contributed by atoms with E-state index in [1.54, 1.807) is 0 Å². The van der Waals surface area contributed by atoms with E-state index < -0.39 is 7.26 Å². The molecule has 1 aliphatic rings. The normalized spacial score (nSPS) is 14.9. The van der Waals surface area contributed by atoms with E-state index in [-0.39, 0.29) is 17.0 Å². The topological polar surface area (TPSA) is 3.24 Å². The van der Waals surface area contributed by atoms with Crippen molar-refractivity contribution < 1.29 is 17.0 Å². The van der Waals surface area contributed by atoms with Gasteiger partial charge in [-0.3, -0.25) is 0 Å². The number of nitrogens with zero attached hydrogens (tertiary/aromatic N) is 1. The van der Waals surface area contributed by atoms with E-state index in [9.17, 15) is 0 Å². The summed E-state index contributed by atoms with van der Waals surface area (Å²) in [6.45, 7) is 3.80. The van der Waals surface area contributed by atoms with Crippen LogP contribution in [-0.2, 0) is 0 Å². The van der Waals surface area contributed by atoms with Gasteiger partial charge in [0.05, 0.1) is 6.16 Å². The van der Waals surface area contributed by atoms with Gasteiger partial charge in [0.25, 0.3) is 0 Å². The van der Waals surface area contributed by atoms with Crippen molar-refractivity contribution in [2.24, 2.45) is 0 Å². The molecule has 0 atom stereocenters. The van der Waals surface area contributed by atoms with Crippen molar-refractivity contribution >= 4 is 23.2 Å². The Hall–Kier alpha value is -1.47. The predicted octanol–water partition coefficient (Wildman–Crippen LogP) is 1.86. The highest BCUT2D eigenvalue weighted by Gasteiger charge is 2.44. The third kappa shape index (κ3) is 5.18. The van der Waals surface area contributed by atoms with Crippen LogP contribution in [0.2, 0.25) is 0 Å². The highest BCUT2D eigenvalue weighted by atomic mass is 79.9. The molecule has 1 aliphatic heterocycles. The Morgan fingerprint density at radius 3 is 1.41 bits per heavy atom. The summed E-state index contributed by atoms with van der Waals surface area (Å²) in [6, 6.07) is 33.8. The van der Waals surface area contributed by atoms with Crippen LogP contribution in [0.4, 0.5) is 0 Å². The van der Waals surface area contributed by atoms with Gasteiger partial charge in [0.15, 0.2) is 0 Å². The monoisotopic (exact) mass is 467 g/mol. The van der Waals surface area contributed by atoms with Gasteiger partial charge in [0.1, 0.15) is 23.2 Å². The minimum absolute atomic E-state index is 0. The Kier molecular flexibility index (Phi) is 8.48. The van der Waals surface area contributed by atoms with Gasteiger partial charge in [0.2, 0.25) is 0 Å². The van der Waals surface area contributed by atoms with E-state index in [4.69, 9.17) is 0 Å². The molecule has 1 nitrogen and oxygen atoms in total. The largest absolute Gasteiger partial charge is 1.00 e. The first-order chi connectivity index (χ1) is 13.9. The number of benzene rings is 3. The van der Waals surface area contributed by atoms with Crippen LogP contribution >= 0.6 is 7.26 Å². The molecule has 1 heterocycles. The van der Waals surface area contributed by atoms with E-state index in [2.05, 4.69) is 95.9 Å². The molecule has 0 saturated carbocycles. The van der Waals surface area contributed by atoms with Crippen LogP contribution in [0.25, 0.3) is 0 Å². The van der Waals surface area contributed by atoms with Gasteiger partial charge in [0, 0.05) is 6.54 Å². The lowest BCUT2D eigenvalue weighted by Gasteiger charge is -2.30. The van der Waals surface area contributed by atoms with Crippen LogP contribution in [0.1, 0.15) is 25.7 Å². The highest BCUT2D eigenvalue weighted by Crippen LogP contribution is 2.55. The second kappa shape index (κ2) is 11.1. The van der Waals surface area contributed by atoms with E-state index in [1.165, 1.54) is 67.4 Å². The number of hydrogen-bond donors (Lipinski definition) is 0. The lowest BCUT2D eigenvalue weighted by atomic mass is 10.1. The molecule has 0 bridgehead atoms. The summed E-state index contributed by atoms with van der Waals surface area (Å²) in [4.78, 5) is 2.68. The van der Waals surface area contributed by atoms with E-state index in [0.29, 0.717) is 0 Å². The van der Waals surface area contributed by atoms with Gasteiger partial charge in [-0.05, 0) is 68.8 Å². The van der Waals surface area contributed by atoms with E-state index in [0.717, 1.165) is 0 Å². The summed E-state index contributed by atoms with van der Waals surface area (Å²) in [6.07, 6.45) is 6.65. The van der Waals surface area contributed by atoms with Crippen molar-refractivity contribution in [3.05, 3.63) is 91.0 Å². The van der Waals surface area contributed by atoms with Crippen LogP contribution < -0.4 is 32.9 Å². The zero-order chi connectivity index (χ0) is 19.1. The molecule has 3 aromatic rings. The summed E-state index contributed by atoms with van der Waals surface area (Å²) in [5, 5.41) is 4.52. The molecule has 0 radical (unpaired) electrons. The SMILES string of the molecule is [Br-].c1ccc([P+](CCCN2CCCCC2)(c2ccccc2)c2ccccc2)cc1. The Balaban J connectivity index is 0.00000240. The Morgan fingerprint density at radius 2 is 1.00 bits per heavy atom. The Morgan fingerprint density at radius 1 is 0.586 bits per heavy atom. The summed E-state index contributed by atoms with van der Waals surface area (Å²) in [5.41, 5.74) is 0. The summed E-state index contributed by atoms with van der Waals surface area (Å²) in [5.74, 6) is 0. The van der Waals surface area contributed by atoms with E-state index in [1.807, 2.05) is 0 Å². The molecule has 1 fully saturated rings. The molecular weight excluding hydrogens is 437 g/mol. The van der Waals surface area contributed by atoms with Gasteiger partial charge in [-0.1, -0.05) is 61.0 Å². The fraction of sp³-hybridized carbons (Fsp3) is 0.308. The van der Waals surface area contributed by atoms with Crippen molar-refractivity contribution in [2.45, 2.75) is 25.7 Å². The first kappa shape index (κ1) is 22.2. The van der Waals surface area contributed by atoms with Crippen molar-refractivity contribution in [1.82, 2.24) is 4.90 Å². The Labute approximate surface area is 187 Å². The maximum atomic E-state index is 2.68. The van der Waals surface area contributed by atoms with Gasteiger partial charge in [-0.15, -0.1) is 0 Å². The number of likely N-dealkylation sites (tertiary alicyclic amines) is 1. The summed E-state index contributed by atoms with van der Waals surface area (Å²) in [7, 11) is -1.65. The Bertz CT molecular complexity index is 736. The number of piperidine rings is 1. The molecule has 0 aliphatic carbocycles. The summed E-state index contributed by atoms with van der Waals surface area (Å²) < 4.78 is 0. The van der Waals surface area contributed by atoms with Crippen LogP contribution in [0.15, 0.2) is 91.0 Å². The molecule has 0 amide bonds. The molecule has 4 rings (SSSR count). The van der Waals surface area contributed by atoms with Crippen molar-refractivity contribution in [1.29, 1.82) is 0 Å². The molecule has 3 aromatic carbocycles. The third-order valence-electron chi connectivity index (χ3n) is 6.01. The molecule has 0 aromatic heterocycles. The minimum Gasteiger partial charge on any atom is -1.00 e. The van der Waals surface area contributed by atoms with Gasteiger partial charge in [-0.2, -0.15) is 0 Å². The average Bonchev–Trinajstić information content (AvgIpc) is 2.79. The second-order valence-corrected chi connectivity index (χ2v) is 11.4. The molecule has 3 heteroatoms. The lowest BCUT2D eigenvalue weighted by Crippen LogP contribution is -3.00. The number of hydrogen-bond acceptors (Lipinski definition) is 1. The quantitative estimate of drug-likeness (QED) is 0.479. The zero-order valence-electron chi connectivity index (χ0n) is 17.1. The molecule has 0 spiro atoms. The average molecular weight is 468 g/mol. The third-order valence-corrected chi connectivity index (χ3v) is 10.5. The number of halogens is 1. The lowest BCUT2D eigenvalue weighted by molar-refractivity contribution is -0.00000552. The van der Waals surface area contributed by atoms with Gasteiger partial charge < -0.3 is 21.9 Å². The van der Waals surface area contributed by atoms with Crippen molar-refractivity contribution in [3.63, 3.8) is 0 Å². The molecule has 29 heavy (non-hydrogen) atoms. The molecule has 0 unspecified atom stereocenters. The number of rotatable bonds is 7. The maximum absolute atomic E-state index is 2.68. The molecule has 152 valence electrons. The van der Waals surface area contributed by atoms with Gasteiger partial charge in [-0.25, -0.2) is 0 Å². The van der Waals surface area contributed by atoms with Gasteiger partial charge >= 0.3 is 0 Å². The first-order valence-corrected chi connectivity index (χ1v) is 12.6. The smallest absolute Gasteiger partial charge is 0.112 e. The van der Waals surface area contributed by atoms with Crippen LogP contribution in [-0.4, -0.2) is 30.7 Å². The standard InChI is InChI=1S/C26H31NP.BrH/c1-5-14-24(15-6-1)28(25-16-7-2-8-17-25,26-18-9-3-10-19-26)23-13-22-27-20-11-4-12-21-27;/h1-3,5-10,14-19H,4,11-13,20-23H2;1H/q+1;/p-1. The summed E-state index contributed by atoms with van der Waals surface area (Å²) >= 11 is 0. The first-order valence-electron chi connectivity index (χ1n) is 10.7. The van der Waals surface area contributed by atoms with Crippen LogP contribution in [0, 0.1) is 0 Å². The van der Waals surface area contributed by atoms with Crippen LogP contribution in [0.5, 0.6) is 0 Å². The fourth-order valence-corrected chi connectivity index (χ4v) is 8.92. The van der Waals surface area contributed by atoms with Crippen LogP contribution in [0.3, 0.4) is 0 Å². The molecule has 1 saturated heterocycles. The second-order valence-electron chi connectivity index (χ2n) is 7.80. The molecule has 0 N–H and O–H groups in total. The highest BCUT2D eigenvalue weighted by molar-refractivity contribution is 7.95. The minimum atomic E-state index is -1.65. The predicted molar refractivity (Wildman–Crippen MR) is 125 cm³/mol.